The average molecular weight is 394 g/mol. The molecule has 0 saturated heterocycles. The minimum atomic E-state index is -0.259. The van der Waals surface area contributed by atoms with Gasteiger partial charge in [0.25, 0.3) is 0 Å². The molecule has 6 heteroatoms. The molecule has 116 valence electrons. The third-order valence-corrected chi connectivity index (χ3v) is 5.01. The van der Waals surface area contributed by atoms with E-state index in [0.29, 0.717) is 10.4 Å². The Balaban J connectivity index is 2.08. The van der Waals surface area contributed by atoms with Gasteiger partial charge in [-0.05, 0) is 46.8 Å². The molecule has 0 aliphatic rings. The van der Waals surface area contributed by atoms with E-state index in [1.54, 1.807) is 6.07 Å². The molecule has 0 atom stereocenters. The molecular weight excluding hydrogens is 375 g/mol. The number of imidazole rings is 1. The summed E-state index contributed by atoms with van der Waals surface area (Å²) in [6.07, 6.45) is 6.89. The summed E-state index contributed by atoms with van der Waals surface area (Å²) in [7, 11) is 0. The molecule has 0 N–H and O–H groups in total. The molecule has 0 radical (unpaired) electrons. The van der Waals surface area contributed by atoms with Crippen molar-refractivity contribution in [1.29, 1.82) is 0 Å². The van der Waals surface area contributed by atoms with E-state index in [9.17, 15) is 4.39 Å². The van der Waals surface area contributed by atoms with Crippen molar-refractivity contribution in [3.05, 3.63) is 28.2 Å². The van der Waals surface area contributed by atoms with Crippen LogP contribution in [-0.2, 0) is 12.4 Å². The highest BCUT2D eigenvalue weighted by atomic mass is 79.9. The standard InChI is InChI=1S/C15H19BrClFN2S/c1-21-7-5-3-2-4-6-20-14-9-12(18)11(16)8-13(14)19-15(20)10-17/h8-9H,2-7,10H2,1H3. The Hall–Kier alpha value is -0.260. The summed E-state index contributed by atoms with van der Waals surface area (Å²) in [4.78, 5) is 4.49. The Labute approximate surface area is 142 Å². The molecule has 0 aliphatic carbocycles. The molecule has 1 heterocycles. The van der Waals surface area contributed by atoms with Crippen LogP contribution in [0.3, 0.4) is 0 Å². The Bertz CT molecular complexity index is 603. The summed E-state index contributed by atoms with van der Waals surface area (Å²) in [6, 6.07) is 3.26. The first-order chi connectivity index (χ1) is 10.2. The molecule has 2 rings (SSSR count). The van der Waals surface area contributed by atoms with E-state index in [-0.39, 0.29) is 5.82 Å². The van der Waals surface area contributed by atoms with E-state index in [2.05, 4.69) is 27.2 Å². The SMILES string of the molecule is CSCCCCCCn1c(CCl)nc2cc(Br)c(F)cc21. The maximum absolute atomic E-state index is 13.7. The van der Waals surface area contributed by atoms with Crippen LogP contribution in [0.1, 0.15) is 31.5 Å². The number of hydrogen-bond donors (Lipinski definition) is 0. The van der Waals surface area contributed by atoms with Crippen molar-refractivity contribution in [2.75, 3.05) is 12.0 Å². The molecule has 1 aromatic carbocycles. The van der Waals surface area contributed by atoms with E-state index in [1.165, 1.54) is 31.1 Å². The number of aryl methyl sites for hydroxylation is 1. The maximum atomic E-state index is 13.7. The van der Waals surface area contributed by atoms with Gasteiger partial charge in [-0.3, -0.25) is 0 Å². The highest BCUT2D eigenvalue weighted by molar-refractivity contribution is 9.10. The second-order valence-electron chi connectivity index (χ2n) is 4.98. The summed E-state index contributed by atoms with van der Waals surface area (Å²) in [5, 5.41) is 0. The smallest absolute Gasteiger partial charge is 0.139 e. The first-order valence-electron chi connectivity index (χ1n) is 7.06. The van der Waals surface area contributed by atoms with Crippen LogP contribution in [0.25, 0.3) is 11.0 Å². The van der Waals surface area contributed by atoms with E-state index in [1.807, 2.05) is 16.3 Å². The van der Waals surface area contributed by atoms with Crippen LogP contribution in [0.2, 0.25) is 0 Å². The van der Waals surface area contributed by atoms with Crippen molar-refractivity contribution in [1.82, 2.24) is 9.55 Å². The number of halogens is 3. The van der Waals surface area contributed by atoms with Gasteiger partial charge >= 0.3 is 0 Å². The summed E-state index contributed by atoms with van der Waals surface area (Å²) in [5.41, 5.74) is 1.62. The molecule has 0 bridgehead atoms. The molecular formula is C15H19BrClFN2S. The summed E-state index contributed by atoms with van der Waals surface area (Å²) < 4.78 is 16.2. The van der Waals surface area contributed by atoms with E-state index >= 15 is 0 Å². The van der Waals surface area contributed by atoms with Crippen molar-refractivity contribution in [3.63, 3.8) is 0 Å². The minimum absolute atomic E-state index is 0.259. The predicted molar refractivity (Wildman–Crippen MR) is 93.8 cm³/mol. The second-order valence-corrected chi connectivity index (χ2v) is 7.08. The van der Waals surface area contributed by atoms with Gasteiger partial charge in [-0.25, -0.2) is 9.37 Å². The zero-order valence-electron chi connectivity index (χ0n) is 12.0. The first kappa shape index (κ1) is 17.1. The van der Waals surface area contributed by atoms with Crippen molar-refractivity contribution >= 4 is 50.3 Å². The van der Waals surface area contributed by atoms with Crippen LogP contribution in [0.5, 0.6) is 0 Å². The summed E-state index contributed by atoms with van der Waals surface area (Å²) in [6.45, 7) is 0.846. The number of benzene rings is 1. The van der Waals surface area contributed by atoms with Gasteiger partial charge in [0.15, 0.2) is 0 Å². The number of unbranched alkanes of at least 4 members (excludes halogenated alkanes) is 3. The van der Waals surface area contributed by atoms with Crippen molar-refractivity contribution < 1.29 is 4.39 Å². The number of aromatic nitrogens is 2. The van der Waals surface area contributed by atoms with Crippen molar-refractivity contribution in [3.8, 4) is 0 Å². The molecule has 0 unspecified atom stereocenters. The lowest BCUT2D eigenvalue weighted by Crippen LogP contribution is -2.03. The highest BCUT2D eigenvalue weighted by Crippen LogP contribution is 2.25. The number of nitrogens with zero attached hydrogens (tertiary/aromatic N) is 2. The maximum Gasteiger partial charge on any atom is 0.139 e. The topological polar surface area (TPSA) is 17.8 Å². The van der Waals surface area contributed by atoms with Gasteiger partial charge in [0.1, 0.15) is 11.6 Å². The Morgan fingerprint density at radius 2 is 2.05 bits per heavy atom. The van der Waals surface area contributed by atoms with Crippen LogP contribution in [-0.4, -0.2) is 21.6 Å². The summed E-state index contributed by atoms with van der Waals surface area (Å²) >= 11 is 11.1. The van der Waals surface area contributed by atoms with Crippen molar-refractivity contribution in [2.24, 2.45) is 0 Å². The van der Waals surface area contributed by atoms with Gasteiger partial charge in [-0.2, -0.15) is 11.8 Å². The quantitative estimate of drug-likeness (QED) is 0.429. The number of alkyl halides is 1. The molecule has 0 aliphatic heterocycles. The molecule has 0 fully saturated rings. The lowest BCUT2D eigenvalue weighted by molar-refractivity contribution is 0.580. The fourth-order valence-corrected chi connectivity index (χ4v) is 3.42. The zero-order valence-corrected chi connectivity index (χ0v) is 15.2. The van der Waals surface area contributed by atoms with E-state index in [0.717, 1.165) is 29.8 Å². The number of hydrogen-bond acceptors (Lipinski definition) is 2. The van der Waals surface area contributed by atoms with Gasteiger partial charge in [0.2, 0.25) is 0 Å². The van der Waals surface area contributed by atoms with Crippen LogP contribution >= 0.6 is 39.3 Å². The molecule has 1 aromatic heterocycles. The van der Waals surface area contributed by atoms with Crippen LogP contribution in [0, 0.1) is 5.82 Å². The molecule has 0 saturated carbocycles. The third kappa shape index (κ3) is 4.36. The fourth-order valence-electron chi connectivity index (χ4n) is 2.39. The molecule has 21 heavy (non-hydrogen) atoms. The molecule has 0 amide bonds. The fraction of sp³-hybridized carbons (Fsp3) is 0.533. The van der Waals surface area contributed by atoms with Gasteiger partial charge in [0, 0.05) is 12.6 Å². The highest BCUT2D eigenvalue weighted by Gasteiger charge is 2.12. The lowest BCUT2D eigenvalue weighted by atomic mass is 10.2. The van der Waals surface area contributed by atoms with Gasteiger partial charge in [-0.1, -0.05) is 12.8 Å². The largest absolute Gasteiger partial charge is 0.327 e. The van der Waals surface area contributed by atoms with Gasteiger partial charge in [-0.15, -0.1) is 11.6 Å². The van der Waals surface area contributed by atoms with Gasteiger partial charge in [0.05, 0.1) is 21.4 Å². The normalized spacial score (nSPS) is 11.4. The number of fused-ring (bicyclic) bond motifs is 1. The summed E-state index contributed by atoms with van der Waals surface area (Å²) in [5.74, 6) is 2.12. The van der Waals surface area contributed by atoms with Crippen LogP contribution in [0.4, 0.5) is 4.39 Å². The monoisotopic (exact) mass is 392 g/mol. The Morgan fingerprint density at radius 3 is 2.76 bits per heavy atom. The minimum Gasteiger partial charge on any atom is -0.327 e. The second kappa shape index (κ2) is 8.39. The first-order valence-corrected chi connectivity index (χ1v) is 9.78. The van der Waals surface area contributed by atoms with Crippen LogP contribution in [0.15, 0.2) is 16.6 Å². The Morgan fingerprint density at radius 1 is 1.29 bits per heavy atom. The molecule has 0 spiro atoms. The molecule has 2 nitrogen and oxygen atoms in total. The zero-order chi connectivity index (χ0) is 15.2. The Kier molecular flexibility index (Phi) is 6.83. The van der Waals surface area contributed by atoms with E-state index < -0.39 is 0 Å². The van der Waals surface area contributed by atoms with Crippen molar-refractivity contribution in [2.45, 2.75) is 38.1 Å². The van der Waals surface area contributed by atoms with Gasteiger partial charge < -0.3 is 4.57 Å². The number of thioether (sulfide) groups is 1. The van der Waals surface area contributed by atoms with E-state index in [4.69, 9.17) is 11.6 Å². The third-order valence-electron chi connectivity index (χ3n) is 3.47. The average Bonchev–Trinajstić information content (AvgIpc) is 2.80. The lowest BCUT2D eigenvalue weighted by Gasteiger charge is -2.08. The number of rotatable bonds is 8. The molecule has 2 aromatic rings. The predicted octanol–water partition coefficient (Wildman–Crippen LogP) is 5.60. The van der Waals surface area contributed by atoms with Crippen LogP contribution < -0.4 is 0 Å².